The van der Waals surface area contributed by atoms with E-state index in [-0.39, 0.29) is 11.2 Å². The Bertz CT molecular complexity index is 1090. The smallest absolute Gasteiger partial charge is 0.352 e. The van der Waals surface area contributed by atoms with Gasteiger partial charge in [0, 0.05) is 43.6 Å². The lowest BCUT2D eigenvalue weighted by Gasteiger charge is -2.40. The number of benzene rings is 1. The van der Waals surface area contributed by atoms with Crippen LogP contribution in [0.4, 0.5) is 36.4 Å². The van der Waals surface area contributed by atoms with Crippen molar-refractivity contribution in [2.75, 3.05) is 34.8 Å². The van der Waals surface area contributed by atoms with Gasteiger partial charge in [-0.3, -0.25) is 0 Å². The maximum atomic E-state index is 12.8. The van der Waals surface area contributed by atoms with Gasteiger partial charge >= 0.3 is 6.18 Å². The molecule has 4 rings (SSSR count). The summed E-state index contributed by atoms with van der Waals surface area (Å²) in [7, 11) is 0. The van der Waals surface area contributed by atoms with E-state index < -0.39 is 11.7 Å². The van der Waals surface area contributed by atoms with Crippen LogP contribution in [0.25, 0.3) is 0 Å². The largest absolute Gasteiger partial charge is 0.416 e. The van der Waals surface area contributed by atoms with E-state index >= 15 is 0 Å². The summed E-state index contributed by atoms with van der Waals surface area (Å²) in [5.41, 5.74) is -0.259. The minimum atomic E-state index is -4.39. The summed E-state index contributed by atoms with van der Waals surface area (Å²) in [4.78, 5) is 17.4. The van der Waals surface area contributed by atoms with Crippen LogP contribution in [0.5, 0.6) is 0 Å². The Hall–Kier alpha value is -2.78. The highest BCUT2D eigenvalue weighted by molar-refractivity contribution is 6.32. The van der Waals surface area contributed by atoms with Gasteiger partial charge in [-0.05, 0) is 43.3 Å². The monoisotopic (exact) mass is 482 g/mol. The molecule has 0 radical (unpaired) electrons. The van der Waals surface area contributed by atoms with Crippen molar-refractivity contribution in [2.45, 2.75) is 19.1 Å². The van der Waals surface area contributed by atoms with Gasteiger partial charge < -0.3 is 15.1 Å². The molecule has 1 aliphatic rings. The summed E-state index contributed by atoms with van der Waals surface area (Å²) in [6.07, 6.45) is -2.68. The predicted octanol–water partition coefficient (Wildman–Crippen LogP) is 5.66. The molecule has 0 bridgehead atoms. The average molecular weight is 483 g/mol. The van der Waals surface area contributed by atoms with Crippen LogP contribution < -0.4 is 15.1 Å². The zero-order valence-electron chi connectivity index (χ0n) is 16.9. The van der Waals surface area contributed by atoms with Crippen molar-refractivity contribution < 1.29 is 13.2 Å². The Balaban J connectivity index is 1.50. The molecule has 1 aliphatic heterocycles. The average Bonchev–Trinajstić information content (AvgIpc) is 2.73. The van der Waals surface area contributed by atoms with Gasteiger partial charge in [0.15, 0.2) is 0 Å². The Kier molecular flexibility index (Phi) is 6.30. The molecule has 168 valence electrons. The van der Waals surface area contributed by atoms with Gasteiger partial charge in [-0.25, -0.2) is 9.97 Å². The van der Waals surface area contributed by atoms with Crippen LogP contribution in [0.2, 0.25) is 10.2 Å². The normalized spacial score (nSPS) is 16.9. The lowest BCUT2D eigenvalue weighted by molar-refractivity contribution is -0.137. The van der Waals surface area contributed by atoms with Crippen molar-refractivity contribution in [2.24, 2.45) is 0 Å². The number of hydrogen-bond donors (Lipinski definition) is 1. The van der Waals surface area contributed by atoms with Crippen LogP contribution in [-0.2, 0) is 6.18 Å². The Morgan fingerprint density at radius 3 is 2.47 bits per heavy atom. The lowest BCUT2D eigenvalue weighted by Crippen LogP contribution is -2.53. The number of aromatic nitrogens is 3. The zero-order valence-corrected chi connectivity index (χ0v) is 18.5. The van der Waals surface area contributed by atoms with Gasteiger partial charge in [-0.1, -0.05) is 23.2 Å². The molecule has 1 N–H and O–H groups in total. The maximum Gasteiger partial charge on any atom is 0.416 e. The number of nitrogens with zero attached hydrogens (tertiary/aromatic N) is 5. The number of anilines is 4. The van der Waals surface area contributed by atoms with Gasteiger partial charge in [0.25, 0.3) is 0 Å². The third kappa shape index (κ3) is 4.99. The Morgan fingerprint density at radius 1 is 1.06 bits per heavy atom. The fraction of sp³-hybridized carbons (Fsp3) is 0.286. The van der Waals surface area contributed by atoms with E-state index in [9.17, 15) is 13.2 Å². The molecule has 0 aliphatic carbocycles. The first-order chi connectivity index (χ1) is 15.2. The van der Waals surface area contributed by atoms with Gasteiger partial charge in [-0.15, -0.1) is 0 Å². The van der Waals surface area contributed by atoms with E-state index in [0.717, 1.165) is 18.0 Å². The van der Waals surface area contributed by atoms with Crippen LogP contribution in [0.3, 0.4) is 0 Å². The molecule has 0 saturated carbocycles. The molecule has 1 saturated heterocycles. The fourth-order valence-corrected chi connectivity index (χ4v) is 3.97. The molecule has 11 heteroatoms. The quantitative estimate of drug-likeness (QED) is 0.484. The number of halogens is 5. The van der Waals surface area contributed by atoms with Gasteiger partial charge in [0.2, 0.25) is 5.95 Å². The van der Waals surface area contributed by atoms with Crippen molar-refractivity contribution in [3.05, 3.63) is 64.4 Å². The first-order valence-electron chi connectivity index (χ1n) is 9.81. The molecule has 6 nitrogen and oxygen atoms in total. The number of hydrogen-bond acceptors (Lipinski definition) is 6. The summed E-state index contributed by atoms with van der Waals surface area (Å²) in [5, 5.41) is 3.81. The number of rotatable bonds is 4. The number of piperazine rings is 1. The van der Waals surface area contributed by atoms with E-state index in [1.165, 1.54) is 18.2 Å². The summed E-state index contributed by atoms with van der Waals surface area (Å²) in [6, 6.07) is 9.87. The molecule has 32 heavy (non-hydrogen) atoms. The minimum absolute atomic E-state index is 0.0409. The Labute approximate surface area is 193 Å². The van der Waals surface area contributed by atoms with E-state index in [4.69, 9.17) is 23.2 Å². The van der Waals surface area contributed by atoms with Crippen LogP contribution in [0.15, 0.2) is 48.7 Å². The van der Waals surface area contributed by atoms with Gasteiger partial charge in [-0.2, -0.15) is 18.2 Å². The third-order valence-corrected chi connectivity index (χ3v) is 5.58. The van der Waals surface area contributed by atoms with Crippen LogP contribution in [0, 0.1) is 0 Å². The molecule has 3 aromatic rings. The number of pyridine rings is 1. The zero-order chi connectivity index (χ0) is 22.9. The fourth-order valence-electron chi connectivity index (χ4n) is 3.55. The molecule has 2 aromatic heterocycles. The maximum absolute atomic E-state index is 12.8. The number of nitrogens with one attached hydrogen (secondary N) is 1. The topological polar surface area (TPSA) is 57.2 Å². The molecule has 0 spiro atoms. The minimum Gasteiger partial charge on any atom is -0.352 e. The van der Waals surface area contributed by atoms with Crippen molar-refractivity contribution in [1.82, 2.24) is 15.0 Å². The van der Waals surface area contributed by atoms with Crippen molar-refractivity contribution >= 4 is 46.5 Å². The first kappa shape index (κ1) is 22.4. The summed E-state index contributed by atoms with van der Waals surface area (Å²) in [6.45, 7) is 3.98. The molecule has 1 aromatic carbocycles. The molecular formula is C21H19Cl2F3N6. The molecule has 1 fully saturated rings. The molecule has 3 heterocycles. The highest BCUT2D eigenvalue weighted by Gasteiger charge is 2.30. The molecular weight excluding hydrogens is 464 g/mol. The second-order valence-electron chi connectivity index (χ2n) is 7.37. The summed E-state index contributed by atoms with van der Waals surface area (Å²) in [5.74, 6) is 1.56. The molecule has 1 atom stereocenters. The highest BCUT2D eigenvalue weighted by atomic mass is 35.5. The van der Waals surface area contributed by atoms with Crippen LogP contribution in [-0.4, -0.2) is 40.6 Å². The molecule has 0 unspecified atom stereocenters. The highest BCUT2D eigenvalue weighted by Crippen LogP contribution is 2.31. The first-order valence-corrected chi connectivity index (χ1v) is 10.6. The lowest BCUT2D eigenvalue weighted by atomic mass is 10.2. The second-order valence-corrected chi connectivity index (χ2v) is 8.17. The van der Waals surface area contributed by atoms with Crippen molar-refractivity contribution in [3.8, 4) is 0 Å². The van der Waals surface area contributed by atoms with Crippen LogP contribution in [0.1, 0.15) is 12.5 Å². The van der Waals surface area contributed by atoms with Crippen molar-refractivity contribution in [1.29, 1.82) is 0 Å². The summed E-state index contributed by atoms with van der Waals surface area (Å²) >= 11 is 12.5. The van der Waals surface area contributed by atoms with Crippen molar-refractivity contribution in [3.63, 3.8) is 0 Å². The third-order valence-electron chi connectivity index (χ3n) is 5.09. The van der Waals surface area contributed by atoms with Gasteiger partial charge in [0.05, 0.1) is 10.6 Å². The van der Waals surface area contributed by atoms with E-state index in [0.29, 0.717) is 42.1 Å². The number of alkyl halides is 3. The molecule has 0 amide bonds. The standard InChI is InChI=1S/C21H19Cl2F3N6/c1-13-12-31(19-16(22)3-2-8-27-19)9-10-32(13)20-29-17(23)11-18(30-20)28-15-6-4-14(5-7-15)21(24,25)26/h2-8,11,13H,9-10,12H2,1H3,(H,28,29,30)/t13-/m1/s1. The second kappa shape index (κ2) is 8.99. The van der Waals surface area contributed by atoms with E-state index in [2.05, 4.69) is 25.2 Å². The summed E-state index contributed by atoms with van der Waals surface area (Å²) < 4.78 is 38.3. The SMILES string of the molecule is C[C@@H]1CN(c2ncccc2Cl)CCN1c1nc(Cl)cc(Nc2ccc(C(F)(F)F)cc2)n1. The predicted molar refractivity (Wildman–Crippen MR) is 120 cm³/mol. The van der Waals surface area contributed by atoms with Gasteiger partial charge in [0.1, 0.15) is 16.8 Å². The van der Waals surface area contributed by atoms with E-state index in [1.54, 1.807) is 18.3 Å². The van der Waals surface area contributed by atoms with E-state index in [1.807, 2.05) is 11.8 Å². The van der Waals surface area contributed by atoms with Crippen LogP contribution >= 0.6 is 23.2 Å². The Morgan fingerprint density at radius 2 is 1.81 bits per heavy atom.